The van der Waals surface area contributed by atoms with Crippen molar-refractivity contribution in [3.8, 4) is 11.5 Å². The van der Waals surface area contributed by atoms with Crippen molar-refractivity contribution in [2.45, 2.75) is 212 Å². The number of hydrogen-bond donors (Lipinski definition) is 3. The summed E-state index contributed by atoms with van der Waals surface area (Å²) in [6, 6.07) is 6.33. The average Bonchev–Trinajstić information content (AvgIpc) is 3.32. The number of unbranched alkanes of at least 4 members (excludes halogenated alkanes) is 6. The van der Waals surface area contributed by atoms with E-state index >= 15 is 0 Å². The number of nitrogens with two attached hydrogens (primary N) is 1. The van der Waals surface area contributed by atoms with Crippen molar-refractivity contribution in [3.63, 3.8) is 0 Å². The van der Waals surface area contributed by atoms with Gasteiger partial charge in [-0.15, -0.1) is 0 Å². The molecule has 67 heavy (non-hydrogen) atoms. The first-order valence-corrected chi connectivity index (χ1v) is 25.8. The lowest BCUT2D eigenvalue weighted by Gasteiger charge is -2.49. The lowest BCUT2D eigenvalue weighted by Crippen LogP contribution is -2.68. The second-order valence-electron chi connectivity index (χ2n) is 18.0. The van der Waals surface area contributed by atoms with Crippen molar-refractivity contribution in [1.29, 1.82) is 0 Å². The molecule has 6 unspecified atom stereocenters. The standard InChI is InChI=1S/C51H93NO15/c1-10-16-26-56-32-36(7)49(63-40(37(8)53)33-57-27-17-11-2)67-48-47(61-31-21-15-6)45(42(35-59-29-19-13-4)65-51(48)62-39-24-22-38(55-9)23-25-39)66-50-43(52)46(60-30-20-14-5)44(54)41(64-50)34-58-28-18-12-3/h22-25,36-37,40-51,53-54H,10-21,26-35,52H2,1-9H3/t36-,37-,40?,41?,42?,43-,44+,45+,46?,47?,48?,49-,50-,51-/m0/s1. The molecule has 0 saturated carbocycles. The molecule has 0 bridgehead atoms. The molecule has 2 fully saturated rings. The van der Waals surface area contributed by atoms with E-state index in [4.69, 9.17) is 67.3 Å². The minimum Gasteiger partial charge on any atom is -0.497 e. The third-order valence-corrected chi connectivity index (χ3v) is 11.9. The van der Waals surface area contributed by atoms with Crippen LogP contribution in [-0.4, -0.2) is 163 Å². The quantitative estimate of drug-likeness (QED) is 0.0439. The van der Waals surface area contributed by atoms with Gasteiger partial charge in [-0.25, -0.2) is 0 Å². The molecule has 3 rings (SSSR count). The Morgan fingerprint density at radius 1 is 0.597 bits per heavy atom. The summed E-state index contributed by atoms with van der Waals surface area (Å²) in [6.45, 7) is 19.9. The van der Waals surface area contributed by atoms with Gasteiger partial charge in [-0.2, -0.15) is 0 Å². The van der Waals surface area contributed by atoms with Gasteiger partial charge in [-0.3, -0.25) is 0 Å². The first kappa shape index (κ1) is 59.6. The van der Waals surface area contributed by atoms with Gasteiger partial charge in [0.1, 0.15) is 54.2 Å². The summed E-state index contributed by atoms with van der Waals surface area (Å²) in [5, 5.41) is 22.7. The molecule has 2 heterocycles. The van der Waals surface area contributed by atoms with Crippen molar-refractivity contribution in [2.24, 2.45) is 11.7 Å². The molecule has 0 aliphatic carbocycles. The van der Waals surface area contributed by atoms with Gasteiger partial charge in [-0.1, -0.05) is 87.0 Å². The van der Waals surface area contributed by atoms with Crippen LogP contribution in [0.25, 0.3) is 0 Å². The smallest absolute Gasteiger partial charge is 0.229 e. The number of hydrogen-bond acceptors (Lipinski definition) is 16. The maximum Gasteiger partial charge on any atom is 0.229 e. The molecule has 2 aliphatic heterocycles. The van der Waals surface area contributed by atoms with E-state index in [2.05, 4.69) is 41.5 Å². The van der Waals surface area contributed by atoms with Crippen molar-refractivity contribution >= 4 is 0 Å². The van der Waals surface area contributed by atoms with E-state index in [-0.39, 0.29) is 25.7 Å². The normalized spacial score (nSPS) is 27.4. The fraction of sp³-hybridized carbons (Fsp3) is 0.882. The molecule has 0 amide bonds. The van der Waals surface area contributed by atoms with Crippen molar-refractivity contribution in [3.05, 3.63) is 24.3 Å². The van der Waals surface area contributed by atoms with E-state index in [0.717, 1.165) is 77.0 Å². The van der Waals surface area contributed by atoms with Gasteiger partial charge in [0.05, 0.1) is 45.7 Å². The monoisotopic (exact) mass is 960 g/mol. The number of methoxy groups -OCH3 is 1. The van der Waals surface area contributed by atoms with Crippen LogP contribution < -0.4 is 15.2 Å². The Balaban J connectivity index is 2.19. The zero-order valence-corrected chi connectivity index (χ0v) is 42.7. The molecule has 2 saturated heterocycles. The van der Waals surface area contributed by atoms with Crippen LogP contribution >= 0.6 is 0 Å². The van der Waals surface area contributed by atoms with Gasteiger partial charge < -0.3 is 77.5 Å². The molecule has 1 aromatic rings. The summed E-state index contributed by atoms with van der Waals surface area (Å²) in [5.41, 5.74) is 7.00. The third kappa shape index (κ3) is 21.3. The topological polar surface area (TPSA) is 186 Å². The molecule has 16 heteroatoms. The van der Waals surface area contributed by atoms with Crippen LogP contribution in [0.5, 0.6) is 11.5 Å². The van der Waals surface area contributed by atoms with E-state index in [1.54, 1.807) is 26.2 Å². The molecule has 14 atom stereocenters. The van der Waals surface area contributed by atoms with Crippen molar-refractivity contribution in [2.75, 3.05) is 73.2 Å². The van der Waals surface area contributed by atoms with Crippen LogP contribution in [0.3, 0.4) is 0 Å². The predicted molar refractivity (Wildman–Crippen MR) is 256 cm³/mol. The highest BCUT2D eigenvalue weighted by atomic mass is 16.8. The molecular formula is C51H93NO15. The number of ether oxygens (including phenoxy) is 13. The molecule has 0 aromatic heterocycles. The summed E-state index contributed by atoms with van der Waals surface area (Å²) in [7, 11) is 1.61. The Hall–Kier alpha value is -1.74. The lowest BCUT2D eigenvalue weighted by atomic mass is 9.95. The Bertz CT molecular complexity index is 1330. The van der Waals surface area contributed by atoms with Crippen LogP contribution in [0, 0.1) is 5.92 Å². The fourth-order valence-electron chi connectivity index (χ4n) is 7.54. The third-order valence-electron chi connectivity index (χ3n) is 11.9. The Morgan fingerprint density at radius 3 is 1.64 bits per heavy atom. The Kier molecular flexibility index (Phi) is 31.5. The van der Waals surface area contributed by atoms with Crippen molar-refractivity contribution in [1.82, 2.24) is 0 Å². The second kappa shape index (κ2) is 35.4. The molecule has 2 aliphatic rings. The SMILES string of the molecule is CCCCOCC1O[C@@H](O[C@@H]2C(COCCCC)O[C@H](Oc3ccc(OC)cc3)C(O[C@H](OC(COCCCC)[C@H](C)O)[C@@H](C)COCCCC)C2OCCCC)[C@@H](N)C(OCCCC)[C@@H]1O. The maximum atomic E-state index is 11.6. The highest BCUT2D eigenvalue weighted by Gasteiger charge is 2.54. The van der Waals surface area contributed by atoms with Gasteiger partial charge in [-0.05, 0) is 69.7 Å². The minimum absolute atomic E-state index is 0.121. The maximum absolute atomic E-state index is 11.6. The molecule has 16 nitrogen and oxygen atoms in total. The largest absolute Gasteiger partial charge is 0.497 e. The van der Waals surface area contributed by atoms with Crippen molar-refractivity contribution < 1.29 is 71.8 Å². The van der Waals surface area contributed by atoms with E-state index in [1.165, 1.54) is 0 Å². The number of aliphatic hydroxyl groups excluding tert-OH is 2. The summed E-state index contributed by atoms with van der Waals surface area (Å²) in [5.74, 6) is 0.824. The second-order valence-corrected chi connectivity index (χ2v) is 18.0. The minimum atomic E-state index is -1.09. The first-order valence-electron chi connectivity index (χ1n) is 25.8. The average molecular weight is 960 g/mol. The molecule has 0 radical (unpaired) electrons. The molecule has 1 aromatic carbocycles. The van der Waals surface area contributed by atoms with Gasteiger partial charge >= 0.3 is 0 Å². The highest BCUT2D eigenvalue weighted by Crippen LogP contribution is 2.36. The molecule has 4 N–H and O–H groups in total. The fourth-order valence-corrected chi connectivity index (χ4v) is 7.54. The zero-order valence-electron chi connectivity index (χ0n) is 42.7. The Morgan fingerprint density at radius 2 is 1.09 bits per heavy atom. The summed E-state index contributed by atoms with van der Waals surface area (Å²) >= 11 is 0. The predicted octanol–water partition coefficient (Wildman–Crippen LogP) is 7.35. The van der Waals surface area contributed by atoms with Crippen LogP contribution in [0.2, 0.25) is 0 Å². The summed E-state index contributed by atoms with van der Waals surface area (Å²) in [4.78, 5) is 0. The van der Waals surface area contributed by atoms with Gasteiger partial charge in [0.25, 0.3) is 0 Å². The van der Waals surface area contributed by atoms with E-state index in [9.17, 15) is 10.2 Å². The van der Waals surface area contributed by atoms with Crippen LogP contribution in [0.4, 0.5) is 0 Å². The first-order chi connectivity index (χ1) is 32.6. The lowest BCUT2D eigenvalue weighted by molar-refractivity contribution is -0.365. The number of aliphatic hydroxyl groups is 2. The molecule has 392 valence electrons. The Labute approximate surface area is 403 Å². The highest BCUT2D eigenvalue weighted by molar-refractivity contribution is 5.31. The van der Waals surface area contributed by atoms with Gasteiger partial charge in [0, 0.05) is 45.6 Å². The van der Waals surface area contributed by atoms with E-state index < -0.39 is 79.8 Å². The van der Waals surface area contributed by atoms with Gasteiger partial charge in [0.2, 0.25) is 6.29 Å². The van der Waals surface area contributed by atoms with Gasteiger partial charge in [0.15, 0.2) is 18.7 Å². The number of benzene rings is 1. The van der Waals surface area contributed by atoms with E-state index in [1.807, 2.05) is 19.1 Å². The van der Waals surface area contributed by atoms with E-state index in [0.29, 0.717) is 57.7 Å². The van der Waals surface area contributed by atoms with Crippen LogP contribution in [-0.2, 0) is 52.1 Å². The zero-order chi connectivity index (χ0) is 48.8. The molecular weight excluding hydrogens is 867 g/mol. The summed E-state index contributed by atoms with van der Waals surface area (Å²) in [6.07, 6.45) is -0.329. The summed E-state index contributed by atoms with van der Waals surface area (Å²) < 4.78 is 84.5. The van der Waals surface area contributed by atoms with Crippen LogP contribution in [0.1, 0.15) is 132 Å². The number of rotatable bonds is 39. The van der Waals surface area contributed by atoms with Crippen LogP contribution in [0.15, 0.2) is 24.3 Å². The molecule has 0 spiro atoms.